The fraction of sp³-hybridized carbons (Fsp3) is 0.588. The van der Waals surface area contributed by atoms with Gasteiger partial charge in [-0.3, -0.25) is 4.79 Å². The molecule has 2 rings (SSSR count). The Morgan fingerprint density at radius 3 is 2.43 bits per heavy atom. The Balaban J connectivity index is 1.89. The molecule has 1 unspecified atom stereocenters. The summed E-state index contributed by atoms with van der Waals surface area (Å²) in [5, 5.41) is 9.48. The topological polar surface area (TPSA) is 49.8 Å². The quantitative estimate of drug-likeness (QED) is 0.875. The number of likely N-dealkylation sites (tertiary alicyclic amines) is 1. The van der Waals surface area contributed by atoms with Gasteiger partial charge in [-0.15, -0.1) is 0 Å². The fourth-order valence-electron chi connectivity index (χ4n) is 2.95. The summed E-state index contributed by atoms with van der Waals surface area (Å²) >= 11 is 0. The number of nitrogens with zero attached hydrogens (tertiary/aromatic N) is 1. The van der Waals surface area contributed by atoms with Crippen LogP contribution in [0, 0.1) is 11.8 Å². The van der Waals surface area contributed by atoms with Crippen molar-refractivity contribution in [2.24, 2.45) is 11.8 Å². The van der Waals surface area contributed by atoms with Crippen molar-refractivity contribution in [2.45, 2.75) is 32.7 Å². The smallest absolute Gasteiger partial charge is 0.310 e. The molecule has 1 N–H and O–H groups in total. The summed E-state index contributed by atoms with van der Waals surface area (Å²) in [7, 11) is 0. The van der Waals surface area contributed by atoms with Gasteiger partial charge in [0.05, 0.1) is 5.92 Å². The molecule has 1 aromatic carbocycles. The predicted molar refractivity (Wildman–Crippen MR) is 82.5 cm³/mol. The minimum Gasteiger partial charge on any atom is -0.493 e. The average molecular weight is 291 g/mol. The zero-order valence-corrected chi connectivity index (χ0v) is 12.9. The average Bonchev–Trinajstić information content (AvgIpc) is 2.48. The van der Waals surface area contributed by atoms with Gasteiger partial charge >= 0.3 is 5.97 Å². The maximum absolute atomic E-state index is 11.5. The van der Waals surface area contributed by atoms with Crippen molar-refractivity contribution in [3.05, 3.63) is 30.3 Å². The highest BCUT2D eigenvalue weighted by molar-refractivity contribution is 5.70. The first-order chi connectivity index (χ1) is 10.1. The Kier molecular flexibility index (Phi) is 5.62. The van der Waals surface area contributed by atoms with Gasteiger partial charge in [-0.05, 0) is 57.8 Å². The lowest BCUT2D eigenvalue weighted by atomic mass is 9.84. The zero-order valence-electron chi connectivity index (χ0n) is 12.9. The van der Waals surface area contributed by atoms with Crippen LogP contribution >= 0.6 is 0 Å². The van der Waals surface area contributed by atoms with Crippen molar-refractivity contribution in [2.75, 3.05) is 19.7 Å². The molecular weight excluding hydrogens is 266 g/mol. The van der Waals surface area contributed by atoms with Crippen molar-refractivity contribution in [1.82, 2.24) is 4.90 Å². The molecular formula is C17H25NO3. The van der Waals surface area contributed by atoms with Gasteiger partial charge in [0, 0.05) is 6.04 Å². The van der Waals surface area contributed by atoms with Gasteiger partial charge in [0.2, 0.25) is 0 Å². The molecule has 1 aromatic rings. The molecule has 0 bridgehead atoms. The van der Waals surface area contributed by atoms with Gasteiger partial charge in [0.15, 0.2) is 0 Å². The van der Waals surface area contributed by atoms with Crippen molar-refractivity contribution < 1.29 is 14.6 Å². The molecule has 0 spiro atoms. The summed E-state index contributed by atoms with van der Waals surface area (Å²) in [5.74, 6) is -0.210. The predicted octanol–water partition coefficient (Wildman–Crippen LogP) is 2.89. The molecule has 21 heavy (non-hydrogen) atoms. The Morgan fingerprint density at radius 1 is 1.29 bits per heavy atom. The Morgan fingerprint density at radius 2 is 1.90 bits per heavy atom. The third kappa shape index (κ3) is 4.46. The molecule has 1 fully saturated rings. The van der Waals surface area contributed by atoms with Crippen LogP contribution < -0.4 is 4.74 Å². The van der Waals surface area contributed by atoms with E-state index in [1.54, 1.807) is 0 Å². The summed E-state index contributed by atoms with van der Waals surface area (Å²) in [6, 6.07) is 9.97. The second-order valence-electron chi connectivity index (χ2n) is 6.04. The third-order valence-electron chi connectivity index (χ3n) is 4.36. The van der Waals surface area contributed by atoms with Crippen LogP contribution in [0.4, 0.5) is 0 Å². The van der Waals surface area contributed by atoms with Crippen molar-refractivity contribution >= 4 is 5.97 Å². The molecule has 0 aliphatic carbocycles. The van der Waals surface area contributed by atoms with Crippen LogP contribution in [-0.4, -0.2) is 41.7 Å². The number of benzene rings is 1. The minimum atomic E-state index is -0.742. The Hall–Kier alpha value is -1.55. The lowest BCUT2D eigenvalue weighted by Crippen LogP contribution is -2.42. The zero-order chi connectivity index (χ0) is 15.2. The second kappa shape index (κ2) is 7.46. The highest BCUT2D eigenvalue weighted by Gasteiger charge is 2.32. The number of hydrogen-bond donors (Lipinski definition) is 1. The molecule has 1 atom stereocenters. The summed E-state index contributed by atoms with van der Waals surface area (Å²) < 4.78 is 5.66. The van der Waals surface area contributed by atoms with Gasteiger partial charge in [0.1, 0.15) is 12.4 Å². The number of carboxylic acids is 1. The first kappa shape index (κ1) is 15.8. The molecule has 1 heterocycles. The van der Waals surface area contributed by atoms with Gasteiger partial charge in [0.25, 0.3) is 0 Å². The van der Waals surface area contributed by atoms with E-state index in [2.05, 4.69) is 18.7 Å². The number of carbonyl (C=O) groups is 1. The summed E-state index contributed by atoms with van der Waals surface area (Å²) in [5.41, 5.74) is 0. The SMILES string of the molecule is CC(C)N1CCC(C(COc2ccccc2)C(=O)O)CC1. The van der Waals surface area contributed by atoms with Crippen molar-refractivity contribution in [3.8, 4) is 5.75 Å². The molecule has 1 saturated heterocycles. The standard InChI is InChI=1S/C17H25NO3/c1-13(2)18-10-8-14(9-11-18)16(17(19)20)12-21-15-6-4-3-5-7-15/h3-7,13-14,16H,8-12H2,1-2H3,(H,19,20). The van der Waals surface area contributed by atoms with E-state index in [1.165, 1.54) is 0 Å². The van der Waals surface area contributed by atoms with E-state index < -0.39 is 11.9 Å². The van der Waals surface area contributed by atoms with Crippen LogP contribution in [0.1, 0.15) is 26.7 Å². The number of piperidine rings is 1. The van der Waals surface area contributed by atoms with Crippen LogP contribution in [0.3, 0.4) is 0 Å². The van der Waals surface area contributed by atoms with Crippen LogP contribution in [0.2, 0.25) is 0 Å². The normalized spacial score (nSPS) is 18.6. The number of carboxylic acid groups (broad SMARTS) is 1. The lowest BCUT2D eigenvalue weighted by Gasteiger charge is -2.36. The molecule has 4 nitrogen and oxygen atoms in total. The van der Waals surface area contributed by atoms with E-state index in [0.717, 1.165) is 31.7 Å². The van der Waals surface area contributed by atoms with E-state index >= 15 is 0 Å². The van der Waals surface area contributed by atoms with E-state index in [4.69, 9.17) is 4.74 Å². The summed E-state index contributed by atoms with van der Waals surface area (Å²) in [6.45, 7) is 6.60. The van der Waals surface area contributed by atoms with E-state index in [9.17, 15) is 9.90 Å². The highest BCUT2D eigenvalue weighted by atomic mass is 16.5. The van der Waals surface area contributed by atoms with Gasteiger partial charge in [-0.25, -0.2) is 0 Å². The van der Waals surface area contributed by atoms with Crippen LogP contribution in [0.15, 0.2) is 30.3 Å². The molecule has 0 saturated carbocycles. The molecule has 0 aromatic heterocycles. The summed E-state index contributed by atoms with van der Waals surface area (Å²) in [6.07, 6.45) is 1.88. The van der Waals surface area contributed by atoms with Crippen molar-refractivity contribution in [1.29, 1.82) is 0 Å². The second-order valence-corrected chi connectivity index (χ2v) is 6.04. The number of ether oxygens (including phenoxy) is 1. The van der Waals surface area contributed by atoms with E-state index in [1.807, 2.05) is 30.3 Å². The van der Waals surface area contributed by atoms with Gasteiger partial charge in [-0.1, -0.05) is 18.2 Å². The van der Waals surface area contributed by atoms with Crippen molar-refractivity contribution in [3.63, 3.8) is 0 Å². The van der Waals surface area contributed by atoms with Gasteiger partial charge < -0.3 is 14.7 Å². The number of aliphatic carboxylic acids is 1. The summed E-state index contributed by atoms with van der Waals surface area (Å²) in [4.78, 5) is 14.0. The van der Waals surface area contributed by atoms with Crippen LogP contribution in [-0.2, 0) is 4.79 Å². The molecule has 1 aliphatic heterocycles. The highest BCUT2D eigenvalue weighted by Crippen LogP contribution is 2.27. The first-order valence-corrected chi connectivity index (χ1v) is 7.72. The van der Waals surface area contributed by atoms with Crippen LogP contribution in [0.25, 0.3) is 0 Å². The first-order valence-electron chi connectivity index (χ1n) is 7.72. The molecule has 0 radical (unpaired) electrons. The molecule has 0 amide bonds. The monoisotopic (exact) mass is 291 g/mol. The van der Waals surface area contributed by atoms with Crippen LogP contribution in [0.5, 0.6) is 5.75 Å². The fourth-order valence-corrected chi connectivity index (χ4v) is 2.95. The maximum Gasteiger partial charge on any atom is 0.310 e. The van der Waals surface area contributed by atoms with Gasteiger partial charge in [-0.2, -0.15) is 0 Å². The minimum absolute atomic E-state index is 0.209. The third-order valence-corrected chi connectivity index (χ3v) is 4.36. The number of rotatable bonds is 6. The Bertz CT molecular complexity index is 439. The maximum atomic E-state index is 11.5. The lowest BCUT2D eigenvalue weighted by molar-refractivity contribution is -0.145. The largest absolute Gasteiger partial charge is 0.493 e. The van der Waals surface area contributed by atoms with E-state index in [-0.39, 0.29) is 12.5 Å². The number of hydrogen-bond acceptors (Lipinski definition) is 3. The molecule has 4 heteroatoms. The number of para-hydroxylation sites is 1. The van der Waals surface area contributed by atoms with E-state index in [0.29, 0.717) is 6.04 Å². The Labute approximate surface area is 126 Å². The molecule has 116 valence electrons. The molecule has 1 aliphatic rings.